The first kappa shape index (κ1) is 19.8. The molecule has 1 aromatic rings. The van der Waals surface area contributed by atoms with Crippen LogP contribution in [0.2, 0.25) is 0 Å². The maximum atomic E-state index is 13.0. The molecule has 3 rings (SSSR count). The molecule has 0 bridgehead atoms. The van der Waals surface area contributed by atoms with Gasteiger partial charge in [0, 0.05) is 31.2 Å². The lowest BCUT2D eigenvalue weighted by Crippen LogP contribution is -2.49. The van der Waals surface area contributed by atoms with Gasteiger partial charge < -0.3 is 16.0 Å². The molecule has 2 aliphatic heterocycles. The number of rotatable bonds is 5. The number of sulfonamides is 1. The highest BCUT2D eigenvalue weighted by Crippen LogP contribution is 2.24. The normalized spacial score (nSPS) is 21.7. The van der Waals surface area contributed by atoms with Gasteiger partial charge in [0.05, 0.1) is 11.4 Å². The predicted molar refractivity (Wildman–Crippen MR) is 101 cm³/mol. The fourth-order valence-electron chi connectivity index (χ4n) is 3.69. The van der Waals surface area contributed by atoms with Crippen molar-refractivity contribution in [1.82, 2.24) is 14.5 Å². The van der Waals surface area contributed by atoms with E-state index in [2.05, 4.69) is 5.32 Å². The summed E-state index contributed by atoms with van der Waals surface area (Å²) in [5.74, 6) is -0.489. The van der Waals surface area contributed by atoms with Crippen LogP contribution in [0.1, 0.15) is 36.0 Å². The Hall–Kier alpha value is -1.97. The molecule has 0 aliphatic carbocycles. The van der Waals surface area contributed by atoms with Gasteiger partial charge in [-0.2, -0.15) is 4.31 Å². The Balaban J connectivity index is 1.84. The molecule has 1 unspecified atom stereocenters. The number of nitrogens with zero attached hydrogens (tertiary/aromatic N) is 2. The minimum absolute atomic E-state index is 0.0374. The average molecular weight is 394 g/mol. The van der Waals surface area contributed by atoms with Crippen LogP contribution in [-0.4, -0.2) is 68.2 Å². The number of carbonyl (C=O) groups excluding carboxylic acids is 2. The summed E-state index contributed by atoms with van der Waals surface area (Å²) in [7, 11) is -3.82. The van der Waals surface area contributed by atoms with Crippen molar-refractivity contribution in [2.45, 2.75) is 36.6 Å². The first-order chi connectivity index (χ1) is 12.9. The molecule has 2 fully saturated rings. The van der Waals surface area contributed by atoms with E-state index < -0.39 is 10.0 Å². The van der Waals surface area contributed by atoms with E-state index in [9.17, 15) is 18.0 Å². The van der Waals surface area contributed by atoms with E-state index >= 15 is 0 Å². The first-order valence-corrected chi connectivity index (χ1v) is 10.8. The molecule has 0 spiro atoms. The van der Waals surface area contributed by atoms with Crippen molar-refractivity contribution < 1.29 is 18.0 Å². The molecule has 2 heterocycles. The third-order valence-corrected chi connectivity index (χ3v) is 6.95. The van der Waals surface area contributed by atoms with Crippen molar-refractivity contribution in [3.63, 3.8) is 0 Å². The third kappa shape index (κ3) is 4.31. The minimum Gasteiger partial charge on any atom is -0.354 e. The van der Waals surface area contributed by atoms with Crippen molar-refractivity contribution >= 4 is 21.8 Å². The molecule has 0 radical (unpaired) electrons. The lowest BCUT2D eigenvalue weighted by Gasteiger charge is -2.36. The van der Waals surface area contributed by atoms with Crippen LogP contribution in [0.15, 0.2) is 29.2 Å². The number of piperidine rings is 1. The zero-order chi connectivity index (χ0) is 19.4. The summed E-state index contributed by atoms with van der Waals surface area (Å²) >= 11 is 0. The summed E-state index contributed by atoms with van der Waals surface area (Å²) in [6.45, 7) is 1.47. The van der Waals surface area contributed by atoms with Crippen LogP contribution in [0.5, 0.6) is 0 Å². The van der Waals surface area contributed by atoms with Gasteiger partial charge in [-0.15, -0.1) is 0 Å². The van der Waals surface area contributed by atoms with Crippen LogP contribution in [0.25, 0.3) is 0 Å². The maximum absolute atomic E-state index is 13.0. The Morgan fingerprint density at radius 3 is 2.81 bits per heavy atom. The van der Waals surface area contributed by atoms with Gasteiger partial charge in [0.1, 0.15) is 0 Å². The molecule has 148 valence electrons. The second-order valence-electron chi connectivity index (χ2n) is 6.94. The second kappa shape index (κ2) is 8.37. The Labute approximate surface area is 159 Å². The summed E-state index contributed by atoms with van der Waals surface area (Å²) < 4.78 is 26.9. The third-order valence-electron chi connectivity index (χ3n) is 5.11. The SMILES string of the molecule is NCCC1CCCCN1C(=O)c1cccc(S(=O)(=O)N2CCNC(=O)C2)c1. The molecule has 3 N–H and O–H groups in total. The van der Waals surface area contributed by atoms with Gasteiger partial charge in [-0.05, 0) is 50.4 Å². The summed E-state index contributed by atoms with van der Waals surface area (Å²) in [6.07, 6.45) is 3.67. The molecular weight excluding hydrogens is 368 g/mol. The summed E-state index contributed by atoms with van der Waals surface area (Å²) in [6, 6.07) is 6.19. The zero-order valence-electron chi connectivity index (χ0n) is 15.3. The number of hydrogen-bond acceptors (Lipinski definition) is 5. The number of amides is 2. The Bertz CT molecular complexity index is 809. The van der Waals surface area contributed by atoms with Gasteiger partial charge in [0.15, 0.2) is 0 Å². The van der Waals surface area contributed by atoms with Gasteiger partial charge >= 0.3 is 0 Å². The molecule has 8 nitrogen and oxygen atoms in total. The first-order valence-electron chi connectivity index (χ1n) is 9.31. The van der Waals surface area contributed by atoms with E-state index in [0.29, 0.717) is 18.7 Å². The zero-order valence-corrected chi connectivity index (χ0v) is 16.1. The van der Waals surface area contributed by atoms with E-state index in [4.69, 9.17) is 5.73 Å². The summed E-state index contributed by atoms with van der Waals surface area (Å²) in [5, 5.41) is 2.61. The van der Waals surface area contributed by atoms with E-state index in [1.165, 1.54) is 12.1 Å². The smallest absolute Gasteiger partial charge is 0.254 e. The average Bonchev–Trinajstić information content (AvgIpc) is 2.68. The van der Waals surface area contributed by atoms with Gasteiger partial charge in [0.2, 0.25) is 15.9 Å². The van der Waals surface area contributed by atoms with Crippen LogP contribution >= 0.6 is 0 Å². The lowest BCUT2D eigenvalue weighted by atomic mass is 9.98. The Morgan fingerprint density at radius 2 is 2.07 bits per heavy atom. The standard InChI is InChI=1S/C18H26N4O4S/c19-8-7-15-5-1-2-10-22(15)18(24)14-4-3-6-16(12-14)27(25,26)21-11-9-20-17(23)13-21/h3-4,6,12,15H,1-2,5,7-11,13,19H2,(H,20,23). The van der Waals surface area contributed by atoms with Gasteiger partial charge in [-0.1, -0.05) is 6.07 Å². The second-order valence-corrected chi connectivity index (χ2v) is 8.88. The van der Waals surface area contributed by atoms with Crippen LogP contribution in [-0.2, 0) is 14.8 Å². The number of nitrogens with two attached hydrogens (primary N) is 1. The summed E-state index contributed by atoms with van der Waals surface area (Å²) in [4.78, 5) is 26.4. The topological polar surface area (TPSA) is 113 Å². The van der Waals surface area contributed by atoms with E-state index in [-0.39, 0.29) is 42.4 Å². The minimum atomic E-state index is -3.82. The van der Waals surface area contributed by atoms with Crippen molar-refractivity contribution in [3.05, 3.63) is 29.8 Å². The molecule has 1 atom stereocenters. The summed E-state index contributed by atoms with van der Waals surface area (Å²) in [5.41, 5.74) is 6.03. The fourth-order valence-corrected chi connectivity index (χ4v) is 5.13. The van der Waals surface area contributed by atoms with Gasteiger partial charge in [-0.25, -0.2) is 8.42 Å². The molecule has 27 heavy (non-hydrogen) atoms. The van der Waals surface area contributed by atoms with Crippen LogP contribution in [0, 0.1) is 0 Å². The quantitative estimate of drug-likeness (QED) is 0.738. The lowest BCUT2D eigenvalue weighted by molar-refractivity contribution is -0.122. The number of piperazine rings is 1. The van der Waals surface area contributed by atoms with Crippen LogP contribution < -0.4 is 11.1 Å². The largest absolute Gasteiger partial charge is 0.354 e. The molecule has 2 aliphatic rings. The highest BCUT2D eigenvalue weighted by Gasteiger charge is 2.31. The molecule has 9 heteroatoms. The number of benzene rings is 1. The van der Waals surface area contributed by atoms with Gasteiger partial charge in [0.25, 0.3) is 5.91 Å². The maximum Gasteiger partial charge on any atom is 0.254 e. The Morgan fingerprint density at radius 1 is 1.26 bits per heavy atom. The highest BCUT2D eigenvalue weighted by molar-refractivity contribution is 7.89. The number of carbonyl (C=O) groups is 2. The molecule has 0 saturated carbocycles. The van der Waals surface area contributed by atoms with Gasteiger partial charge in [-0.3, -0.25) is 9.59 Å². The molecule has 2 amide bonds. The van der Waals surface area contributed by atoms with Crippen molar-refractivity contribution in [2.24, 2.45) is 5.73 Å². The predicted octanol–water partition coefficient (Wildman–Crippen LogP) is 0.151. The van der Waals surface area contributed by atoms with E-state index in [1.54, 1.807) is 12.1 Å². The number of hydrogen-bond donors (Lipinski definition) is 2. The van der Waals surface area contributed by atoms with Crippen LogP contribution in [0.3, 0.4) is 0 Å². The molecule has 1 aromatic carbocycles. The molecule has 0 aromatic heterocycles. The van der Waals surface area contributed by atoms with E-state index in [0.717, 1.165) is 30.0 Å². The monoisotopic (exact) mass is 394 g/mol. The molecular formula is C18H26N4O4S. The van der Waals surface area contributed by atoms with Crippen molar-refractivity contribution in [3.8, 4) is 0 Å². The number of nitrogens with one attached hydrogen (secondary N) is 1. The fraction of sp³-hybridized carbons (Fsp3) is 0.556. The van der Waals surface area contributed by atoms with Crippen molar-refractivity contribution in [2.75, 3.05) is 32.7 Å². The highest BCUT2D eigenvalue weighted by atomic mass is 32.2. The van der Waals surface area contributed by atoms with Crippen LogP contribution in [0.4, 0.5) is 0 Å². The Kier molecular flexibility index (Phi) is 6.13. The number of likely N-dealkylation sites (tertiary alicyclic amines) is 1. The van der Waals surface area contributed by atoms with Crippen molar-refractivity contribution in [1.29, 1.82) is 0 Å². The molecule has 2 saturated heterocycles. The van der Waals surface area contributed by atoms with E-state index in [1.807, 2.05) is 4.90 Å².